The van der Waals surface area contributed by atoms with Crippen molar-refractivity contribution in [2.24, 2.45) is 0 Å². The van der Waals surface area contributed by atoms with Gasteiger partial charge in [-0.15, -0.1) is 0 Å². The first-order valence-electron chi connectivity index (χ1n) is 5.87. The topological polar surface area (TPSA) is 21.3 Å². The third-order valence-corrected chi connectivity index (χ3v) is 2.36. The second-order valence-corrected chi connectivity index (χ2v) is 3.85. The lowest BCUT2D eigenvalue weighted by Crippen LogP contribution is -2.15. The summed E-state index contributed by atoms with van der Waals surface area (Å²) in [6, 6.07) is 7.74. The highest BCUT2D eigenvalue weighted by atomic mass is 19.3. The maximum absolute atomic E-state index is 11.9. The highest BCUT2D eigenvalue weighted by Gasteiger charge is 2.05. The minimum absolute atomic E-state index is 0.244. The SMILES string of the molecule is CCCNCc1ccccc1COCC(F)F. The first kappa shape index (κ1) is 14.1. The van der Waals surface area contributed by atoms with Crippen molar-refractivity contribution in [3.63, 3.8) is 0 Å². The highest BCUT2D eigenvalue weighted by molar-refractivity contribution is 5.26. The van der Waals surface area contributed by atoms with Crippen LogP contribution in [0.4, 0.5) is 8.78 Å². The van der Waals surface area contributed by atoms with Crippen LogP contribution in [0.2, 0.25) is 0 Å². The van der Waals surface area contributed by atoms with Crippen LogP contribution in [0.1, 0.15) is 24.5 Å². The van der Waals surface area contributed by atoms with Crippen LogP contribution in [0.5, 0.6) is 0 Å². The Morgan fingerprint density at radius 2 is 1.94 bits per heavy atom. The predicted octanol–water partition coefficient (Wildman–Crippen LogP) is 2.97. The monoisotopic (exact) mass is 243 g/mol. The minimum atomic E-state index is -2.40. The van der Waals surface area contributed by atoms with E-state index in [1.165, 1.54) is 0 Å². The summed E-state index contributed by atoms with van der Waals surface area (Å²) in [4.78, 5) is 0. The van der Waals surface area contributed by atoms with E-state index < -0.39 is 13.0 Å². The number of nitrogens with one attached hydrogen (secondary N) is 1. The van der Waals surface area contributed by atoms with Gasteiger partial charge < -0.3 is 10.1 Å². The molecule has 0 aromatic heterocycles. The smallest absolute Gasteiger partial charge is 0.261 e. The van der Waals surface area contributed by atoms with Crippen molar-refractivity contribution in [2.75, 3.05) is 13.2 Å². The number of ether oxygens (including phenoxy) is 1. The van der Waals surface area contributed by atoms with Crippen LogP contribution < -0.4 is 5.32 Å². The summed E-state index contributed by atoms with van der Waals surface area (Å²) < 4.78 is 28.8. The molecule has 0 unspecified atom stereocenters. The van der Waals surface area contributed by atoms with E-state index in [1.807, 2.05) is 24.3 Å². The molecule has 1 N–H and O–H groups in total. The molecule has 4 heteroatoms. The van der Waals surface area contributed by atoms with Crippen LogP contribution >= 0.6 is 0 Å². The first-order chi connectivity index (χ1) is 8.24. The van der Waals surface area contributed by atoms with Crippen molar-refractivity contribution >= 4 is 0 Å². The van der Waals surface area contributed by atoms with Crippen LogP contribution in [-0.4, -0.2) is 19.6 Å². The van der Waals surface area contributed by atoms with Crippen molar-refractivity contribution in [1.82, 2.24) is 5.32 Å². The first-order valence-corrected chi connectivity index (χ1v) is 5.87. The summed E-state index contributed by atoms with van der Waals surface area (Å²) in [6.45, 7) is 3.55. The fourth-order valence-electron chi connectivity index (χ4n) is 1.53. The van der Waals surface area contributed by atoms with E-state index in [4.69, 9.17) is 4.74 Å². The fraction of sp³-hybridized carbons (Fsp3) is 0.538. The average molecular weight is 243 g/mol. The molecule has 0 spiro atoms. The molecule has 0 aliphatic carbocycles. The normalized spacial score (nSPS) is 11.1. The molecule has 2 nitrogen and oxygen atoms in total. The Kier molecular flexibility index (Phi) is 6.74. The van der Waals surface area contributed by atoms with Gasteiger partial charge in [0.05, 0.1) is 6.61 Å². The molecule has 0 bridgehead atoms. The summed E-state index contributed by atoms with van der Waals surface area (Å²) in [5.41, 5.74) is 2.08. The third kappa shape index (κ3) is 5.75. The molecule has 0 aliphatic heterocycles. The summed E-state index contributed by atoms with van der Waals surface area (Å²) in [7, 11) is 0. The fourth-order valence-corrected chi connectivity index (χ4v) is 1.53. The van der Waals surface area contributed by atoms with E-state index in [1.54, 1.807) is 0 Å². The molecule has 1 aromatic rings. The summed E-state index contributed by atoms with van der Waals surface area (Å²) >= 11 is 0. The summed E-state index contributed by atoms with van der Waals surface area (Å²) in [5.74, 6) is 0. The van der Waals surface area contributed by atoms with Crippen LogP contribution in [0.15, 0.2) is 24.3 Å². The van der Waals surface area contributed by atoms with Gasteiger partial charge in [0.1, 0.15) is 6.61 Å². The van der Waals surface area contributed by atoms with Gasteiger partial charge in [0.25, 0.3) is 6.43 Å². The number of hydrogen-bond acceptors (Lipinski definition) is 2. The van der Waals surface area contributed by atoms with Crippen LogP contribution in [0, 0.1) is 0 Å². The maximum Gasteiger partial charge on any atom is 0.261 e. The quantitative estimate of drug-likeness (QED) is 0.709. The largest absolute Gasteiger partial charge is 0.371 e. The molecule has 0 atom stereocenters. The maximum atomic E-state index is 11.9. The van der Waals surface area contributed by atoms with Gasteiger partial charge >= 0.3 is 0 Å². The molecule has 0 radical (unpaired) electrons. The molecule has 0 amide bonds. The van der Waals surface area contributed by atoms with Crippen molar-refractivity contribution in [3.05, 3.63) is 35.4 Å². The molecular formula is C13H19F2NO. The molecule has 1 aromatic carbocycles. The molecule has 1 rings (SSSR count). The molecule has 17 heavy (non-hydrogen) atoms. The summed E-state index contributed by atoms with van der Waals surface area (Å²) in [6.07, 6.45) is -1.33. The standard InChI is InChI=1S/C13H19F2NO/c1-2-7-16-8-11-5-3-4-6-12(11)9-17-10-13(14)15/h3-6,13,16H,2,7-10H2,1H3. The summed E-state index contributed by atoms with van der Waals surface area (Å²) in [5, 5.41) is 3.29. The molecule has 0 saturated carbocycles. The van der Waals surface area contributed by atoms with E-state index in [9.17, 15) is 8.78 Å². The Morgan fingerprint density at radius 3 is 2.59 bits per heavy atom. The zero-order chi connectivity index (χ0) is 12.5. The van der Waals surface area contributed by atoms with E-state index >= 15 is 0 Å². The van der Waals surface area contributed by atoms with E-state index in [2.05, 4.69) is 12.2 Å². The van der Waals surface area contributed by atoms with Crippen molar-refractivity contribution < 1.29 is 13.5 Å². The Hall–Kier alpha value is -1.00. The van der Waals surface area contributed by atoms with Gasteiger partial charge in [-0.05, 0) is 24.1 Å². The predicted molar refractivity (Wildman–Crippen MR) is 64.1 cm³/mol. The Labute approximate surface area is 101 Å². The van der Waals surface area contributed by atoms with Gasteiger partial charge in [0, 0.05) is 6.54 Å². The second kappa shape index (κ2) is 8.14. The second-order valence-electron chi connectivity index (χ2n) is 3.85. The van der Waals surface area contributed by atoms with Gasteiger partial charge in [0.2, 0.25) is 0 Å². The molecule has 96 valence electrons. The number of rotatable bonds is 8. The van der Waals surface area contributed by atoms with Gasteiger partial charge in [-0.1, -0.05) is 31.2 Å². The van der Waals surface area contributed by atoms with Gasteiger partial charge in [0.15, 0.2) is 0 Å². The molecule has 0 fully saturated rings. The Morgan fingerprint density at radius 1 is 1.24 bits per heavy atom. The Balaban J connectivity index is 2.46. The lowest BCUT2D eigenvalue weighted by Gasteiger charge is -2.10. The number of halogens is 2. The third-order valence-electron chi connectivity index (χ3n) is 2.36. The number of benzene rings is 1. The molecule has 0 saturated heterocycles. The van der Waals surface area contributed by atoms with Gasteiger partial charge in [-0.3, -0.25) is 0 Å². The minimum Gasteiger partial charge on any atom is -0.371 e. The van der Waals surface area contributed by atoms with Crippen LogP contribution in [0.3, 0.4) is 0 Å². The Bertz CT molecular complexity index is 318. The lowest BCUT2D eigenvalue weighted by atomic mass is 10.1. The van der Waals surface area contributed by atoms with E-state index in [-0.39, 0.29) is 6.61 Å². The van der Waals surface area contributed by atoms with Gasteiger partial charge in [-0.25, -0.2) is 8.78 Å². The van der Waals surface area contributed by atoms with Crippen LogP contribution in [0.25, 0.3) is 0 Å². The van der Waals surface area contributed by atoms with E-state index in [0.29, 0.717) is 0 Å². The zero-order valence-electron chi connectivity index (χ0n) is 10.1. The number of hydrogen-bond donors (Lipinski definition) is 1. The van der Waals surface area contributed by atoms with Gasteiger partial charge in [-0.2, -0.15) is 0 Å². The molecule has 0 heterocycles. The molecule has 0 aliphatic rings. The molecular weight excluding hydrogens is 224 g/mol. The zero-order valence-corrected chi connectivity index (χ0v) is 10.1. The van der Waals surface area contributed by atoms with E-state index in [0.717, 1.165) is 30.6 Å². The van der Waals surface area contributed by atoms with Crippen molar-refractivity contribution in [3.8, 4) is 0 Å². The highest BCUT2D eigenvalue weighted by Crippen LogP contribution is 2.10. The van der Waals surface area contributed by atoms with Crippen molar-refractivity contribution in [1.29, 1.82) is 0 Å². The van der Waals surface area contributed by atoms with Crippen LogP contribution in [-0.2, 0) is 17.9 Å². The average Bonchev–Trinajstić information content (AvgIpc) is 2.31. The number of alkyl halides is 2. The lowest BCUT2D eigenvalue weighted by molar-refractivity contribution is 0.00964. The van der Waals surface area contributed by atoms with Crippen molar-refractivity contribution in [2.45, 2.75) is 32.9 Å².